The van der Waals surface area contributed by atoms with E-state index in [1.54, 1.807) is 13.3 Å². The topological polar surface area (TPSA) is 78.0 Å². The zero-order chi connectivity index (χ0) is 25.3. The van der Waals surface area contributed by atoms with Gasteiger partial charge in [-0.25, -0.2) is 9.97 Å². The van der Waals surface area contributed by atoms with Crippen molar-refractivity contribution in [3.63, 3.8) is 0 Å². The van der Waals surface area contributed by atoms with Crippen LogP contribution in [0.5, 0.6) is 5.75 Å². The minimum absolute atomic E-state index is 0.00492. The van der Waals surface area contributed by atoms with Gasteiger partial charge in [-0.3, -0.25) is 0 Å². The number of anilines is 1. The average Bonchev–Trinajstić information content (AvgIpc) is 3.44. The van der Waals surface area contributed by atoms with Crippen LogP contribution in [0.15, 0.2) is 66.0 Å². The molecule has 37 heavy (non-hydrogen) atoms. The second-order valence-electron chi connectivity index (χ2n) is 9.45. The zero-order valence-electron chi connectivity index (χ0n) is 21.5. The van der Waals surface area contributed by atoms with Crippen molar-refractivity contribution in [1.29, 1.82) is 0 Å². The molecule has 3 aliphatic rings. The lowest BCUT2D eigenvalue weighted by Crippen LogP contribution is -2.29. The SMILES string of the molecule is COc1ccc2cc1-c1ccnc(n1)NC1=CCC(OCCN3CCCC3)C(=C1)COC/C=C/COC2. The first kappa shape index (κ1) is 25.6. The highest BCUT2D eigenvalue weighted by Crippen LogP contribution is 2.31. The number of ether oxygens (including phenoxy) is 4. The molecule has 0 radical (unpaired) electrons. The van der Waals surface area contributed by atoms with Crippen molar-refractivity contribution in [3.05, 3.63) is 71.6 Å². The molecule has 1 aromatic carbocycles. The summed E-state index contributed by atoms with van der Waals surface area (Å²) in [6.45, 7) is 6.10. The number of methoxy groups -OCH3 is 1. The third-order valence-electron chi connectivity index (χ3n) is 6.82. The Kier molecular flexibility index (Phi) is 8.97. The maximum Gasteiger partial charge on any atom is 0.227 e. The number of nitrogens with zero attached hydrogens (tertiary/aromatic N) is 3. The first-order valence-corrected chi connectivity index (χ1v) is 13.1. The van der Waals surface area contributed by atoms with Gasteiger partial charge in [-0.2, -0.15) is 0 Å². The molecule has 196 valence electrons. The van der Waals surface area contributed by atoms with Crippen LogP contribution < -0.4 is 10.1 Å². The summed E-state index contributed by atoms with van der Waals surface area (Å²) in [6.07, 6.45) is 13.4. The van der Waals surface area contributed by atoms with Gasteiger partial charge in [0.05, 0.1) is 51.9 Å². The van der Waals surface area contributed by atoms with Crippen LogP contribution in [0, 0.1) is 0 Å². The van der Waals surface area contributed by atoms with E-state index in [0.717, 1.165) is 53.4 Å². The molecule has 2 aliphatic heterocycles. The van der Waals surface area contributed by atoms with Crippen LogP contribution in [0.4, 0.5) is 5.95 Å². The largest absolute Gasteiger partial charge is 0.496 e. The number of aromatic nitrogens is 2. The molecule has 1 atom stereocenters. The summed E-state index contributed by atoms with van der Waals surface area (Å²) in [6, 6.07) is 7.91. The summed E-state index contributed by atoms with van der Waals surface area (Å²) in [7, 11) is 1.67. The summed E-state index contributed by atoms with van der Waals surface area (Å²) in [4.78, 5) is 11.7. The molecular formula is C29H36N4O4. The van der Waals surface area contributed by atoms with E-state index in [-0.39, 0.29) is 6.10 Å². The van der Waals surface area contributed by atoms with Gasteiger partial charge in [0, 0.05) is 24.0 Å². The predicted molar refractivity (Wildman–Crippen MR) is 143 cm³/mol. The van der Waals surface area contributed by atoms with E-state index in [0.29, 0.717) is 32.4 Å². The number of allylic oxidation sites excluding steroid dienone is 1. The van der Waals surface area contributed by atoms with Gasteiger partial charge < -0.3 is 29.2 Å². The van der Waals surface area contributed by atoms with E-state index in [1.165, 1.54) is 25.9 Å². The quantitative estimate of drug-likeness (QED) is 0.602. The third kappa shape index (κ3) is 7.05. The smallest absolute Gasteiger partial charge is 0.227 e. The van der Waals surface area contributed by atoms with Gasteiger partial charge in [0.1, 0.15) is 5.75 Å². The van der Waals surface area contributed by atoms with Crippen LogP contribution in [0.1, 0.15) is 24.8 Å². The second-order valence-corrected chi connectivity index (χ2v) is 9.45. The molecule has 0 amide bonds. The maximum absolute atomic E-state index is 6.32. The monoisotopic (exact) mass is 504 g/mol. The molecule has 0 saturated carbocycles. The minimum atomic E-state index is 0.00492. The first-order valence-electron chi connectivity index (χ1n) is 13.1. The minimum Gasteiger partial charge on any atom is -0.496 e. The molecule has 8 nitrogen and oxygen atoms in total. The van der Waals surface area contributed by atoms with Crippen molar-refractivity contribution in [2.24, 2.45) is 0 Å². The van der Waals surface area contributed by atoms with Gasteiger partial charge in [0.25, 0.3) is 0 Å². The molecule has 2 aromatic rings. The zero-order valence-corrected chi connectivity index (χ0v) is 21.5. The molecule has 3 heterocycles. The Labute approximate surface area is 219 Å². The van der Waals surface area contributed by atoms with E-state index in [2.05, 4.69) is 33.4 Å². The lowest BCUT2D eigenvalue weighted by molar-refractivity contribution is 0.0510. The number of rotatable bonds is 5. The molecule has 1 fully saturated rings. The predicted octanol–water partition coefficient (Wildman–Crippen LogP) is 4.36. The normalized spacial score (nSPS) is 21.7. The summed E-state index contributed by atoms with van der Waals surface area (Å²) < 4.78 is 23.8. The molecule has 0 spiro atoms. The molecule has 1 aromatic heterocycles. The maximum atomic E-state index is 6.32. The molecule has 1 aliphatic carbocycles. The Bertz CT molecular complexity index is 1140. The van der Waals surface area contributed by atoms with Crippen LogP contribution in [-0.2, 0) is 20.8 Å². The Morgan fingerprint density at radius 2 is 1.92 bits per heavy atom. The number of fused-ring (bicyclic) bond motifs is 6. The Morgan fingerprint density at radius 3 is 2.76 bits per heavy atom. The molecule has 1 unspecified atom stereocenters. The fraction of sp³-hybridized carbons (Fsp3) is 0.448. The molecule has 1 N–H and O–H groups in total. The summed E-state index contributed by atoms with van der Waals surface area (Å²) in [5.41, 5.74) is 4.79. The number of hydrogen-bond acceptors (Lipinski definition) is 8. The van der Waals surface area contributed by atoms with Crippen molar-refractivity contribution in [1.82, 2.24) is 14.9 Å². The lowest BCUT2D eigenvalue weighted by atomic mass is 10.00. The van der Waals surface area contributed by atoms with Gasteiger partial charge in [-0.15, -0.1) is 0 Å². The molecule has 8 heteroatoms. The van der Waals surface area contributed by atoms with Gasteiger partial charge >= 0.3 is 0 Å². The van der Waals surface area contributed by atoms with Crippen molar-refractivity contribution >= 4 is 5.95 Å². The summed E-state index contributed by atoms with van der Waals surface area (Å²) >= 11 is 0. The summed E-state index contributed by atoms with van der Waals surface area (Å²) in [5.74, 6) is 1.29. The van der Waals surface area contributed by atoms with E-state index < -0.39 is 0 Å². The van der Waals surface area contributed by atoms with Crippen molar-refractivity contribution in [2.75, 3.05) is 58.5 Å². The Morgan fingerprint density at radius 1 is 1.08 bits per heavy atom. The fourth-order valence-corrected chi connectivity index (χ4v) is 4.83. The fourth-order valence-electron chi connectivity index (χ4n) is 4.83. The Balaban J connectivity index is 1.35. The number of hydrogen-bond donors (Lipinski definition) is 1. The van der Waals surface area contributed by atoms with E-state index in [1.807, 2.05) is 30.4 Å². The van der Waals surface area contributed by atoms with Crippen LogP contribution in [0.25, 0.3) is 11.3 Å². The third-order valence-corrected chi connectivity index (χ3v) is 6.82. The van der Waals surface area contributed by atoms with Gasteiger partial charge in [-0.05, 0) is 67.8 Å². The van der Waals surface area contributed by atoms with E-state index in [9.17, 15) is 0 Å². The van der Waals surface area contributed by atoms with Crippen LogP contribution in [0.3, 0.4) is 0 Å². The van der Waals surface area contributed by atoms with Crippen molar-refractivity contribution in [2.45, 2.75) is 32.0 Å². The van der Waals surface area contributed by atoms with Crippen LogP contribution in [-0.4, -0.2) is 74.1 Å². The van der Waals surface area contributed by atoms with Gasteiger partial charge in [-0.1, -0.05) is 24.3 Å². The average molecular weight is 505 g/mol. The Hall–Kier alpha value is -3.04. The standard InChI is InChI=1S/C29H36N4O4/c1-34-28-8-6-22-18-25(28)26-10-11-30-29(32-26)31-24-7-9-27(37-17-14-33-12-2-3-13-33)23(19-24)21-36-16-5-4-15-35-20-22/h4-8,10-11,18-19,27H,2-3,9,12-17,20-21H2,1H3,(H,30,31,32)/b5-4+. The van der Waals surface area contributed by atoms with Crippen molar-refractivity contribution in [3.8, 4) is 17.0 Å². The van der Waals surface area contributed by atoms with E-state index >= 15 is 0 Å². The van der Waals surface area contributed by atoms with Gasteiger partial charge in [0.2, 0.25) is 5.95 Å². The molecule has 5 rings (SSSR count). The van der Waals surface area contributed by atoms with Crippen molar-refractivity contribution < 1.29 is 18.9 Å². The van der Waals surface area contributed by atoms with Crippen LogP contribution >= 0.6 is 0 Å². The highest BCUT2D eigenvalue weighted by Gasteiger charge is 2.21. The molecule has 6 bridgehead atoms. The highest BCUT2D eigenvalue weighted by atomic mass is 16.5. The second kappa shape index (κ2) is 13.0. The lowest BCUT2D eigenvalue weighted by Gasteiger charge is -2.25. The number of benzene rings is 1. The molecule has 1 saturated heterocycles. The van der Waals surface area contributed by atoms with Gasteiger partial charge in [0.15, 0.2) is 0 Å². The molecular weight excluding hydrogens is 468 g/mol. The first-order chi connectivity index (χ1) is 18.3. The number of likely N-dealkylation sites (tertiary alicyclic amines) is 1. The number of nitrogens with one attached hydrogen (secondary N) is 1. The van der Waals surface area contributed by atoms with Crippen LogP contribution in [0.2, 0.25) is 0 Å². The summed E-state index contributed by atoms with van der Waals surface area (Å²) in [5, 5.41) is 3.38. The van der Waals surface area contributed by atoms with E-state index in [4.69, 9.17) is 23.9 Å². The highest BCUT2D eigenvalue weighted by molar-refractivity contribution is 5.69.